The first-order chi connectivity index (χ1) is 11.9. The van der Waals surface area contributed by atoms with Gasteiger partial charge in [0.25, 0.3) is 5.91 Å². The summed E-state index contributed by atoms with van der Waals surface area (Å²) >= 11 is 0. The average molecular weight is 343 g/mol. The van der Waals surface area contributed by atoms with Gasteiger partial charge in [0.15, 0.2) is 0 Å². The highest BCUT2D eigenvalue weighted by Crippen LogP contribution is 2.31. The summed E-state index contributed by atoms with van der Waals surface area (Å²) in [5.74, 6) is 0.567. The van der Waals surface area contributed by atoms with Crippen molar-refractivity contribution in [3.05, 3.63) is 29.7 Å². The van der Waals surface area contributed by atoms with Crippen LogP contribution in [0, 0.1) is 12.8 Å². The van der Waals surface area contributed by atoms with E-state index < -0.39 is 5.60 Å². The number of aryl methyl sites for hydroxylation is 1. The number of H-pyrrole nitrogens is 1. The number of carbonyl (C=O) groups is 1. The van der Waals surface area contributed by atoms with E-state index in [0.29, 0.717) is 11.6 Å². The van der Waals surface area contributed by atoms with E-state index in [-0.39, 0.29) is 5.91 Å². The van der Waals surface area contributed by atoms with Crippen LogP contribution in [-0.2, 0) is 0 Å². The Bertz CT molecular complexity index is 740. The summed E-state index contributed by atoms with van der Waals surface area (Å²) in [5.41, 5.74) is 1.99. The molecule has 1 saturated heterocycles. The van der Waals surface area contributed by atoms with Gasteiger partial charge in [-0.15, -0.1) is 0 Å². The molecular formula is C20H29N3O2. The number of piperidine rings is 1. The summed E-state index contributed by atoms with van der Waals surface area (Å²) < 4.78 is 0. The topological polar surface area (TPSA) is 69.2 Å². The number of rotatable bonds is 5. The van der Waals surface area contributed by atoms with Gasteiger partial charge in [-0.1, -0.05) is 13.8 Å². The van der Waals surface area contributed by atoms with Crippen molar-refractivity contribution in [3.8, 4) is 0 Å². The SMILES string of the molecule is CCC(O)(CC)CC1CCN(C(=O)c2cc3cnc(C)cc3[nH]2)CC1. The fraction of sp³-hybridized carbons (Fsp3) is 0.600. The van der Waals surface area contributed by atoms with Crippen LogP contribution in [0.15, 0.2) is 18.3 Å². The van der Waals surface area contributed by atoms with Gasteiger partial charge < -0.3 is 15.0 Å². The molecule has 2 aromatic heterocycles. The Balaban J connectivity index is 1.63. The Hall–Kier alpha value is -1.88. The van der Waals surface area contributed by atoms with Crippen molar-refractivity contribution in [1.29, 1.82) is 0 Å². The average Bonchev–Trinajstić information content (AvgIpc) is 3.04. The number of aliphatic hydroxyl groups is 1. The maximum atomic E-state index is 12.8. The van der Waals surface area contributed by atoms with Crippen molar-refractivity contribution in [1.82, 2.24) is 14.9 Å². The second kappa shape index (κ2) is 7.16. The van der Waals surface area contributed by atoms with E-state index in [1.807, 2.05) is 24.0 Å². The summed E-state index contributed by atoms with van der Waals surface area (Å²) in [5, 5.41) is 11.5. The maximum Gasteiger partial charge on any atom is 0.270 e. The third-order valence-corrected chi connectivity index (χ3v) is 5.76. The summed E-state index contributed by atoms with van der Waals surface area (Å²) in [6.45, 7) is 7.57. The molecule has 2 N–H and O–H groups in total. The molecule has 1 aliphatic heterocycles. The molecule has 0 unspecified atom stereocenters. The number of aromatic nitrogens is 2. The summed E-state index contributed by atoms with van der Waals surface area (Å²) in [7, 11) is 0. The van der Waals surface area contributed by atoms with Crippen LogP contribution in [-0.4, -0.2) is 44.6 Å². The molecule has 0 aromatic carbocycles. The smallest absolute Gasteiger partial charge is 0.270 e. The molecule has 3 rings (SSSR count). The van der Waals surface area contributed by atoms with Gasteiger partial charge in [0, 0.05) is 35.9 Å². The minimum atomic E-state index is -0.543. The van der Waals surface area contributed by atoms with Crippen molar-refractivity contribution in [2.24, 2.45) is 5.92 Å². The molecule has 0 saturated carbocycles. The molecule has 2 aromatic rings. The molecule has 0 radical (unpaired) electrons. The number of fused-ring (bicyclic) bond motifs is 1. The first-order valence-electron chi connectivity index (χ1n) is 9.41. The van der Waals surface area contributed by atoms with E-state index in [1.54, 1.807) is 6.20 Å². The normalized spacial score (nSPS) is 16.6. The van der Waals surface area contributed by atoms with E-state index in [9.17, 15) is 9.90 Å². The maximum absolute atomic E-state index is 12.8. The number of hydrogen-bond acceptors (Lipinski definition) is 3. The van der Waals surface area contributed by atoms with Crippen molar-refractivity contribution >= 4 is 16.8 Å². The van der Waals surface area contributed by atoms with Gasteiger partial charge in [-0.25, -0.2) is 0 Å². The fourth-order valence-corrected chi connectivity index (χ4v) is 3.83. The van der Waals surface area contributed by atoms with Crippen molar-refractivity contribution in [2.75, 3.05) is 13.1 Å². The number of nitrogens with one attached hydrogen (secondary N) is 1. The predicted molar refractivity (Wildman–Crippen MR) is 99.6 cm³/mol. The van der Waals surface area contributed by atoms with Gasteiger partial charge in [-0.2, -0.15) is 0 Å². The molecule has 25 heavy (non-hydrogen) atoms. The quantitative estimate of drug-likeness (QED) is 0.870. The zero-order valence-corrected chi connectivity index (χ0v) is 15.5. The van der Waals surface area contributed by atoms with E-state index in [0.717, 1.165) is 61.8 Å². The molecule has 5 nitrogen and oxygen atoms in total. The predicted octanol–water partition coefficient (Wildman–Crippen LogP) is 3.66. The van der Waals surface area contributed by atoms with Crippen LogP contribution in [0.5, 0.6) is 0 Å². The van der Waals surface area contributed by atoms with Crippen LogP contribution >= 0.6 is 0 Å². The molecule has 1 aliphatic rings. The Morgan fingerprint density at radius 1 is 1.32 bits per heavy atom. The molecule has 5 heteroatoms. The highest BCUT2D eigenvalue weighted by molar-refractivity contribution is 5.97. The fourth-order valence-electron chi connectivity index (χ4n) is 3.83. The van der Waals surface area contributed by atoms with Crippen LogP contribution in [0.4, 0.5) is 0 Å². The number of likely N-dealkylation sites (tertiary alicyclic amines) is 1. The van der Waals surface area contributed by atoms with Gasteiger partial charge in [-0.05, 0) is 57.1 Å². The highest BCUT2D eigenvalue weighted by atomic mass is 16.3. The Morgan fingerprint density at radius 2 is 2.00 bits per heavy atom. The lowest BCUT2D eigenvalue weighted by Crippen LogP contribution is -2.41. The van der Waals surface area contributed by atoms with Gasteiger partial charge in [-0.3, -0.25) is 9.78 Å². The minimum absolute atomic E-state index is 0.0635. The van der Waals surface area contributed by atoms with Gasteiger partial charge in [0.05, 0.1) is 5.60 Å². The van der Waals surface area contributed by atoms with Crippen molar-refractivity contribution < 1.29 is 9.90 Å². The number of hydrogen-bond donors (Lipinski definition) is 2. The first kappa shape index (κ1) is 17.9. The Morgan fingerprint density at radius 3 is 2.64 bits per heavy atom. The molecule has 1 fully saturated rings. The lowest BCUT2D eigenvalue weighted by atomic mass is 9.82. The number of nitrogens with zero attached hydrogens (tertiary/aromatic N) is 2. The summed E-state index contributed by atoms with van der Waals surface area (Å²) in [6, 6.07) is 3.86. The first-order valence-corrected chi connectivity index (χ1v) is 9.41. The van der Waals surface area contributed by atoms with E-state index in [1.165, 1.54) is 0 Å². The third kappa shape index (κ3) is 3.87. The zero-order valence-electron chi connectivity index (χ0n) is 15.5. The molecule has 0 atom stereocenters. The second-order valence-electron chi connectivity index (χ2n) is 7.47. The summed E-state index contributed by atoms with van der Waals surface area (Å²) in [4.78, 5) is 22.2. The number of pyridine rings is 1. The monoisotopic (exact) mass is 343 g/mol. The van der Waals surface area contributed by atoms with Crippen LogP contribution < -0.4 is 0 Å². The molecule has 1 amide bonds. The Labute approximate surface area is 149 Å². The highest BCUT2D eigenvalue weighted by Gasteiger charge is 2.31. The van der Waals surface area contributed by atoms with E-state index in [2.05, 4.69) is 23.8 Å². The molecule has 0 spiro atoms. The number of amides is 1. The molecular weight excluding hydrogens is 314 g/mol. The van der Waals surface area contributed by atoms with Crippen molar-refractivity contribution in [2.45, 2.75) is 58.5 Å². The van der Waals surface area contributed by atoms with Crippen LogP contribution in [0.1, 0.15) is 62.1 Å². The van der Waals surface area contributed by atoms with Gasteiger partial charge in [0.1, 0.15) is 5.69 Å². The molecule has 0 aliphatic carbocycles. The Kier molecular flexibility index (Phi) is 5.13. The minimum Gasteiger partial charge on any atom is -0.390 e. The van der Waals surface area contributed by atoms with E-state index >= 15 is 0 Å². The van der Waals surface area contributed by atoms with Crippen molar-refractivity contribution in [3.63, 3.8) is 0 Å². The second-order valence-corrected chi connectivity index (χ2v) is 7.47. The van der Waals surface area contributed by atoms with Gasteiger partial charge >= 0.3 is 0 Å². The third-order valence-electron chi connectivity index (χ3n) is 5.76. The van der Waals surface area contributed by atoms with Crippen LogP contribution in [0.2, 0.25) is 0 Å². The lowest BCUT2D eigenvalue weighted by Gasteiger charge is -2.36. The number of carbonyl (C=O) groups excluding carboxylic acids is 1. The molecule has 0 bridgehead atoms. The largest absolute Gasteiger partial charge is 0.390 e. The number of aromatic amines is 1. The molecule has 136 valence electrons. The van der Waals surface area contributed by atoms with Gasteiger partial charge in [0.2, 0.25) is 0 Å². The zero-order chi connectivity index (χ0) is 18.0. The summed E-state index contributed by atoms with van der Waals surface area (Å²) in [6.07, 6.45) is 6.18. The standard InChI is InChI=1S/C20H29N3O2/c1-4-20(25,5-2)12-15-6-8-23(9-7-15)19(24)18-11-16-13-21-14(3)10-17(16)22-18/h10-11,13,15,22,25H,4-9,12H2,1-3H3. The van der Waals surface area contributed by atoms with E-state index in [4.69, 9.17) is 0 Å². The van der Waals surface area contributed by atoms with Crippen LogP contribution in [0.3, 0.4) is 0 Å². The van der Waals surface area contributed by atoms with Crippen LogP contribution in [0.25, 0.3) is 10.9 Å². The molecule has 3 heterocycles. The lowest BCUT2D eigenvalue weighted by molar-refractivity contribution is -0.00131.